The monoisotopic (exact) mass is 2100 g/mol. The number of nitro benzene ring substituents is 9. The number of nitrogens with zero attached hydrogens (tertiary/aromatic N) is 9. The number of hydrogen-bond acceptors (Lipinski definition) is 33. The number of methoxy groups -OCH3 is 2. The second kappa shape index (κ2) is 52.2. The number of aryl methyl sites for hydroxylation is 2. The molecule has 0 radical (unpaired) electrons. The SMILES string of the molecule is CC(=O)c1cccc(NC(=O)c2c(Sc3ccc([N+](=O)[O-])cc3)cccc2[N+](=O)[O-])c1.CCc1ccc(NC(=O)c2c(N)cccc2Sc2ccc([N+](=O)[O-])cc2)c(OC)c1.COc1ccccc1NC(=O)c1c(Sc2ccc([N+](=O)[O-])cc2)cccc1[N+](=O)[O-].Cc1ccc(NC(=O)c2c(Sc3ccc([N+](=O)[O-])cc3)cccc2[N+](=O)[O-])cc1.Nc1ccccc1NC(=O)c1c(Sc2ccc([N+](=O)[O-])cc2)cccc1[N+](=O)[O-]. The lowest BCUT2D eigenvalue weighted by atomic mass is 10.1. The Kier molecular flexibility index (Phi) is 38.6. The number of para-hydroxylation sites is 4. The highest BCUT2D eigenvalue weighted by Crippen LogP contribution is 2.44. The Morgan fingerprint density at radius 3 is 0.899 bits per heavy atom. The van der Waals surface area contributed by atoms with Gasteiger partial charge >= 0.3 is 0 Å². The fourth-order valence-corrected chi connectivity index (χ4v) is 18.3. The Balaban J connectivity index is 0.000000177. The van der Waals surface area contributed by atoms with Crippen molar-refractivity contribution in [3.8, 4) is 11.5 Å². The lowest BCUT2D eigenvalue weighted by Gasteiger charge is -2.15. The number of ketones is 1. The average molecular weight is 2110 g/mol. The molecular weight excluding hydrogens is 2030 g/mol. The minimum Gasteiger partial charge on any atom is -0.495 e. The maximum atomic E-state index is 13.1. The number of anilines is 7. The molecule has 15 aromatic rings. The summed E-state index contributed by atoms with van der Waals surface area (Å²) in [6, 6.07) is 83.5. The molecule has 0 aromatic heterocycles. The molecule has 0 aliphatic rings. The van der Waals surface area contributed by atoms with Crippen molar-refractivity contribution in [2.24, 2.45) is 0 Å². The smallest absolute Gasteiger partial charge is 0.283 e. The summed E-state index contributed by atoms with van der Waals surface area (Å²) >= 11 is 5.69. The van der Waals surface area contributed by atoms with Crippen molar-refractivity contribution in [1.82, 2.24) is 0 Å². The van der Waals surface area contributed by atoms with Gasteiger partial charge in [0.2, 0.25) is 0 Å². The molecular formula is C102H80N16O26S5. The summed E-state index contributed by atoms with van der Waals surface area (Å²) in [5.41, 5.74) is 15.4. The van der Waals surface area contributed by atoms with Crippen molar-refractivity contribution < 1.29 is 82.6 Å². The molecule has 15 rings (SSSR count). The molecule has 0 heterocycles. The second-order valence-corrected chi connectivity index (χ2v) is 36.1. The van der Waals surface area contributed by atoms with Crippen molar-refractivity contribution >= 4 is 185 Å². The van der Waals surface area contributed by atoms with Crippen molar-refractivity contribution in [2.75, 3.05) is 52.3 Å². The molecule has 9 N–H and O–H groups in total. The predicted molar refractivity (Wildman–Crippen MR) is 563 cm³/mol. The van der Waals surface area contributed by atoms with Gasteiger partial charge in [0.1, 0.15) is 33.8 Å². The quantitative estimate of drug-likeness (QED) is 0.00869. The van der Waals surface area contributed by atoms with Gasteiger partial charge in [-0.2, -0.15) is 0 Å². The van der Waals surface area contributed by atoms with Crippen LogP contribution >= 0.6 is 58.8 Å². The molecule has 0 saturated heterocycles. The van der Waals surface area contributed by atoms with Crippen LogP contribution in [0.2, 0.25) is 0 Å². The van der Waals surface area contributed by atoms with Crippen molar-refractivity contribution in [3.63, 3.8) is 0 Å². The van der Waals surface area contributed by atoms with Gasteiger partial charge in [-0.1, -0.05) is 156 Å². The fraction of sp³-hybridized carbons (Fsp3) is 0.0588. The number of benzene rings is 15. The van der Waals surface area contributed by atoms with Gasteiger partial charge in [-0.3, -0.25) is 120 Å². The summed E-state index contributed by atoms with van der Waals surface area (Å²) in [7, 11) is 3.00. The molecule has 149 heavy (non-hydrogen) atoms. The summed E-state index contributed by atoms with van der Waals surface area (Å²) in [5, 5.41) is 114. The minimum absolute atomic E-state index is 0.00696. The first-order chi connectivity index (χ1) is 71.3. The van der Waals surface area contributed by atoms with Gasteiger partial charge in [0.15, 0.2) is 5.78 Å². The topological polar surface area (TPSA) is 621 Å². The van der Waals surface area contributed by atoms with Crippen LogP contribution in [0.5, 0.6) is 11.5 Å². The predicted octanol–water partition coefficient (Wildman–Crippen LogP) is 24.9. The van der Waals surface area contributed by atoms with Gasteiger partial charge in [-0.15, -0.1) is 0 Å². The van der Waals surface area contributed by atoms with E-state index in [0.717, 1.165) is 69.5 Å². The number of non-ortho nitro benzene ring substituents is 5. The van der Waals surface area contributed by atoms with E-state index in [2.05, 4.69) is 26.6 Å². The first-order valence-corrected chi connectivity index (χ1v) is 47.4. The Morgan fingerprint density at radius 2 is 0.570 bits per heavy atom. The number of nitro groups is 9. The zero-order chi connectivity index (χ0) is 108. The van der Waals surface area contributed by atoms with Crippen LogP contribution in [0.25, 0.3) is 0 Å². The van der Waals surface area contributed by atoms with E-state index in [1.165, 1.54) is 190 Å². The molecule has 0 aliphatic carbocycles. The molecule has 0 unspecified atom stereocenters. The highest BCUT2D eigenvalue weighted by molar-refractivity contribution is 8.00. The molecule has 0 fully saturated rings. The lowest BCUT2D eigenvalue weighted by molar-refractivity contribution is -0.385. The van der Waals surface area contributed by atoms with Gasteiger partial charge in [0.25, 0.3) is 80.7 Å². The standard InChI is InChI=1S/C22H21N3O4S.C21H15N3O6S.C20H15N3O6S.C20H15N3O5S.C19H14N4O5S/c1-3-14-7-12-18(19(13-14)29-2)24-22(26)21-17(23)5-4-6-20(21)30-16-10-8-15(9-11-16)25(27)28;1-13(25)14-4-2-5-15(12-14)22-21(26)20-18(24(29)30)6-3-7-19(20)31-17-10-8-16(9-11-17)23(27)28;1-29-17-7-3-2-5-15(17)21-20(24)19-16(23(27)28)6-4-8-18(19)30-14-11-9-13(10-12-14)22(25)26;1-13-5-7-14(8-6-13)21-20(24)19-17(23(27)28)3-2-4-18(19)29-16-11-9-15(10-12-16)22(25)26;20-14-4-1-2-5-15(14)21-19(24)18-16(23(27)28)6-3-7-17(18)29-13-10-8-12(9-11-13)22(25)26/h4-13H,3,23H2,1-2H3,(H,24,26);2-12H,1H3,(H,22,26);2-12H,1H3,(H,21,24);2-12H,1H3,(H,21,24);1-11H,20H2,(H,21,24). The number of ether oxygens (including phenoxy) is 2. The van der Waals surface area contributed by atoms with Crippen LogP contribution < -0.4 is 47.5 Å². The largest absolute Gasteiger partial charge is 0.495 e. The zero-order valence-electron chi connectivity index (χ0n) is 78.2. The van der Waals surface area contributed by atoms with Crippen LogP contribution in [-0.4, -0.2) is 93.8 Å². The highest BCUT2D eigenvalue weighted by atomic mass is 32.2. The van der Waals surface area contributed by atoms with Crippen LogP contribution in [0.1, 0.15) is 87.1 Å². The maximum Gasteiger partial charge on any atom is 0.283 e. The maximum absolute atomic E-state index is 13.1. The summed E-state index contributed by atoms with van der Waals surface area (Å²) < 4.78 is 10.6. The van der Waals surface area contributed by atoms with E-state index in [0.29, 0.717) is 106 Å². The number of hydrogen-bond donors (Lipinski definition) is 7. The Morgan fingerprint density at radius 1 is 0.282 bits per heavy atom. The van der Waals surface area contributed by atoms with E-state index in [1.54, 1.807) is 147 Å². The van der Waals surface area contributed by atoms with E-state index >= 15 is 0 Å². The van der Waals surface area contributed by atoms with Gasteiger partial charge < -0.3 is 47.5 Å². The number of carbonyl (C=O) groups is 6. The number of Topliss-reactive ketones (excluding diaryl/α,β-unsaturated/α-hetero) is 1. The van der Waals surface area contributed by atoms with E-state index in [4.69, 9.17) is 20.9 Å². The first-order valence-electron chi connectivity index (χ1n) is 43.3. The number of nitrogen functional groups attached to an aromatic ring is 2. The Bertz CT molecular complexity index is 7660. The highest BCUT2D eigenvalue weighted by Gasteiger charge is 2.32. The summed E-state index contributed by atoms with van der Waals surface area (Å²) in [6.45, 7) is 5.34. The molecule has 5 amide bonds. The molecule has 0 saturated carbocycles. The van der Waals surface area contributed by atoms with Gasteiger partial charge in [-0.05, 0) is 184 Å². The Hall–Kier alpha value is -19.1. The van der Waals surface area contributed by atoms with Gasteiger partial charge in [-0.25, -0.2) is 0 Å². The lowest BCUT2D eigenvalue weighted by Crippen LogP contribution is -2.16. The Labute approximate surface area is 865 Å². The second-order valence-electron chi connectivity index (χ2n) is 30.6. The van der Waals surface area contributed by atoms with Crippen LogP contribution in [0.15, 0.2) is 377 Å². The van der Waals surface area contributed by atoms with Gasteiger partial charge in [0.05, 0.1) is 86.8 Å². The van der Waals surface area contributed by atoms with Crippen LogP contribution in [0, 0.1) is 98.0 Å². The van der Waals surface area contributed by atoms with Crippen LogP contribution in [0.4, 0.5) is 91.0 Å². The summed E-state index contributed by atoms with van der Waals surface area (Å²) in [4.78, 5) is 177. The summed E-state index contributed by atoms with van der Waals surface area (Å²) in [5.74, 6) is -2.23. The van der Waals surface area contributed by atoms with Crippen molar-refractivity contribution in [3.05, 3.63) is 463 Å². The molecule has 0 spiro atoms. The number of nitrogens with one attached hydrogen (secondary N) is 5. The number of rotatable bonds is 33. The van der Waals surface area contributed by atoms with E-state index in [1.807, 2.05) is 38.1 Å². The molecule has 0 aliphatic heterocycles. The third kappa shape index (κ3) is 30.2. The van der Waals surface area contributed by atoms with Crippen LogP contribution in [0.3, 0.4) is 0 Å². The average Bonchev–Trinajstić information content (AvgIpc) is 0.802. The van der Waals surface area contributed by atoms with E-state index < -0.39 is 67.9 Å². The third-order valence-electron chi connectivity index (χ3n) is 20.7. The molecule has 0 bridgehead atoms. The molecule has 47 heteroatoms. The van der Waals surface area contributed by atoms with Crippen LogP contribution in [-0.2, 0) is 6.42 Å². The fourth-order valence-electron chi connectivity index (χ4n) is 13.4. The molecule has 754 valence electrons. The third-order valence-corrected chi connectivity index (χ3v) is 26.0. The van der Waals surface area contributed by atoms with E-state index in [-0.39, 0.29) is 85.1 Å². The summed E-state index contributed by atoms with van der Waals surface area (Å²) in [6.07, 6.45) is 0.853. The number of amides is 5. The molecule has 15 aromatic carbocycles. The number of nitrogens with two attached hydrogens (primary N) is 2. The normalized spacial score (nSPS) is 10.4. The zero-order valence-corrected chi connectivity index (χ0v) is 82.3. The van der Waals surface area contributed by atoms with Crippen molar-refractivity contribution in [2.45, 2.75) is 76.1 Å². The first kappa shape index (κ1) is 110. The molecule has 42 nitrogen and oxygen atoms in total. The number of carbonyl (C=O) groups excluding carboxylic acids is 6. The molecule has 0 atom stereocenters. The minimum atomic E-state index is -0.711. The van der Waals surface area contributed by atoms with Gasteiger partial charge in [0, 0.05) is 157 Å². The van der Waals surface area contributed by atoms with E-state index in [9.17, 15) is 120 Å². The van der Waals surface area contributed by atoms with Crippen molar-refractivity contribution in [1.29, 1.82) is 0 Å².